The summed E-state index contributed by atoms with van der Waals surface area (Å²) < 4.78 is 18.6. The molecule has 1 heterocycles. The molecule has 2 atom stereocenters. The molecule has 0 fully saturated rings. The van der Waals surface area contributed by atoms with E-state index in [-0.39, 0.29) is 11.7 Å². The lowest BCUT2D eigenvalue weighted by Crippen LogP contribution is -2.16. The first-order chi connectivity index (χ1) is 6.20. The Morgan fingerprint density at radius 1 is 1.62 bits per heavy atom. The smallest absolute Gasteiger partial charge is 0.130 e. The van der Waals surface area contributed by atoms with Gasteiger partial charge in [0.05, 0.1) is 18.6 Å². The van der Waals surface area contributed by atoms with E-state index < -0.39 is 6.10 Å². The Kier molecular flexibility index (Phi) is 1.96. The maximum atomic E-state index is 13.3. The lowest BCUT2D eigenvalue weighted by atomic mass is 9.96. The lowest BCUT2D eigenvalue weighted by Gasteiger charge is -2.11. The molecule has 1 aliphatic rings. The van der Waals surface area contributed by atoms with Gasteiger partial charge in [0.15, 0.2) is 0 Å². The van der Waals surface area contributed by atoms with Crippen molar-refractivity contribution in [1.29, 1.82) is 0 Å². The van der Waals surface area contributed by atoms with Crippen LogP contribution in [0.15, 0.2) is 18.2 Å². The number of fused-ring (bicyclic) bond motifs is 1. The van der Waals surface area contributed by atoms with Crippen molar-refractivity contribution in [2.75, 3.05) is 6.61 Å². The van der Waals surface area contributed by atoms with Gasteiger partial charge in [0.2, 0.25) is 0 Å². The molecule has 0 saturated carbocycles. The number of benzene rings is 1. The van der Waals surface area contributed by atoms with E-state index >= 15 is 0 Å². The summed E-state index contributed by atoms with van der Waals surface area (Å²) in [5.74, 6) is 0.0444. The van der Waals surface area contributed by atoms with Gasteiger partial charge >= 0.3 is 0 Å². The van der Waals surface area contributed by atoms with Crippen molar-refractivity contribution < 1.29 is 14.2 Å². The molecule has 0 aromatic heterocycles. The van der Waals surface area contributed by atoms with Crippen LogP contribution in [0.3, 0.4) is 0 Å². The minimum absolute atomic E-state index is 0.226. The van der Waals surface area contributed by atoms with E-state index in [1.54, 1.807) is 19.1 Å². The van der Waals surface area contributed by atoms with Crippen molar-refractivity contribution >= 4 is 0 Å². The molecular weight excluding hydrogens is 171 g/mol. The van der Waals surface area contributed by atoms with Crippen molar-refractivity contribution in [3.63, 3.8) is 0 Å². The number of aliphatic hydroxyl groups is 1. The van der Waals surface area contributed by atoms with Gasteiger partial charge in [-0.25, -0.2) is 4.39 Å². The molecule has 0 radical (unpaired) electrons. The van der Waals surface area contributed by atoms with E-state index in [0.717, 1.165) is 0 Å². The van der Waals surface area contributed by atoms with Crippen LogP contribution in [0.1, 0.15) is 18.4 Å². The highest BCUT2D eigenvalue weighted by Gasteiger charge is 2.30. The zero-order valence-electron chi connectivity index (χ0n) is 7.33. The van der Waals surface area contributed by atoms with Gasteiger partial charge < -0.3 is 9.84 Å². The van der Waals surface area contributed by atoms with Crippen LogP contribution in [0, 0.1) is 5.82 Å². The van der Waals surface area contributed by atoms with Crippen LogP contribution in [-0.4, -0.2) is 17.8 Å². The molecule has 2 nitrogen and oxygen atoms in total. The molecule has 1 aromatic rings. The summed E-state index contributed by atoms with van der Waals surface area (Å²) in [5, 5.41) is 9.38. The predicted molar refractivity (Wildman–Crippen MR) is 46.3 cm³/mol. The molecule has 1 aliphatic heterocycles. The van der Waals surface area contributed by atoms with Gasteiger partial charge in [-0.05, 0) is 19.1 Å². The van der Waals surface area contributed by atoms with Gasteiger partial charge in [0, 0.05) is 5.56 Å². The van der Waals surface area contributed by atoms with Crippen LogP contribution < -0.4 is 4.74 Å². The average molecular weight is 182 g/mol. The number of halogens is 1. The Morgan fingerprint density at radius 2 is 2.38 bits per heavy atom. The maximum absolute atomic E-state index is 13.3. The molecule has 2 unspecified atom stereocenters. The van der Waals surface area contributed by atoms with Crippen molar-refractivity contribution in [1.82, 2.24) is 0 Å². The van der Waals surface area contributed by atoms with Gasteiger partial charge in [-0.3, -0.25) is 0 Å². The third-order valence-electron chi connectivity index (χ3n) is 2.38. The molecule has 1 aromatic carbocycles. The number of hydrogen-bond donors (Lipinski definition) is 1. The molecule has 70 valence electrons. The Morgan fingerprint density at radius 3 is 3.08 bits per heavy atom. The van der Waals surface area contributed by atoms with E-state index in [4.69, 9.17) is 4.74 Å². The van der Waals surface area contributed by atoms with Crippen LogP contribution in [-0.2, 0) is 0 Å². The molecular formula is C10H11FO2. The summed E-state index contributed by atoms with van der Waals surface area (Å²) >= 11 is 0. The molecule has 3 heteroatoms. The summed E-state index contributed by atoms with van der Waals surface area (Å²) in [6, 6.07) is 4.72. The Bertz CT molecular complexity index is 323. The molecule has 0 spiro atoms. The molecule has 0 aliphatic carbocycles. The molecule has 2 rings (SSSR count). The fourth-order valence-corrected chi connectivity index (χ4v) is 1.65. The second kappa shape index (κ2) is 3.00. The fourth-order valence-electron chi connectivity index (χ4n) is 1.65. The monoisotopic (exact) mass is 182 g/mol. The minimum Gasteiger partial charge on any atom is -0.492 e. The molecule has 0 saturated heterocycles. The Labute approximate surface area is 76.0 Å². The number of hydrogen-bond acceptors (Lipinski definition) is 2. The van der Waals surface area contributed by atoms with Crippen LogP contribution in [0.2, 0.25) is 0 Å². The third-order valence-corrected chi connectivity index (χ3v) is 2.38. The normalized spacial score (nSPS) is 22.2. The first kappa shape index (κ1) is 8.51. The van der Waals surface area contributed by atoms with Gasteiger partial charge in [-0.2, -0.15) is 0 Å². The first-order valence-corrected chi connectivity index (χ1v) is 4.29. The molecule has 0 amide bonds. The zero-order chi connectivity index (χ0) is 9.42. The highest BCUT2D eigenvalue weighted by molar-refractivity contribution is 5.41. The molecule has 1 N–H and O–H groups in total. The van der Waals surface area contributed by atoms with Crippen molar-refractivity contribution in [3.8, 4) is 5.75 Å². The fraction of sp³-hybridized carbons (Fsp3) is 0.400. The van der Waals surface area contributed by atoms with Gasteiger partial charge in [-0.15, -0.1) is 0 Å². The van der Waals surface area contributed by atoms with Crippen molar-refractivity contribution in [3.05, 3.63) is 29.6 Å². The van der Waals surface area contributed by atoms with Gasteiger partial charge in [0.25, 0.3) is 0 Å². The predicted octanol–water partition coefficient (Wildman–Crippen LogP) is 1.68. The van der Waals surface area contributed by atoms with Crippen LogP contribution in [0.25, 0.3) is 0 Å². The van der Waals surface area contributed by atoms with E-state index in [1.165, 1.54) is 6.07 Å². The Hall–Kier alpha value is -1.09. The standard InChI is InChI=1S/C10H11FO2/c1-6(12)7-5-13-9-4-2-3-8(11)10(7)9/h2-4,6-7,12H,5H2,1H3. The molecule has 0 bridgehead atoms. The van der Waals surface area contributed by atoms with E-state index in [1.807, 2.05) is 0 Å². The van der Waals surface area contributed by atoms with E-state index in [9.17, 15) is 9.50 Å². The Balaban J connectivity index is 2.46. The lowest BCUT2D eigenvalue weighted by molar-refractivity contribution is 0.145. The summed E-state index contributed by atoms with van der Waals surface area (Å²) in [5.41, 5.74) is 0.512. The first-order valence-electron chi connectivity index (χ1n) is 4.29. The van der Waals surface area contributed by atoms with Crippen LogP contribution in [0.5, 0.6) is 5.75 Å². The zero-order valence-corrected chi connectivity index (χ0v) is 7.33. The minimum atomic E-state index is -0.571. The quantitative estimate of drug-likeness (QED) is 0.716. The number of aliphatic hydroxyl groups excluding tert-OH is 1. The van der Waals surface area contributed by atoms with Gasteiger partial charge in [0.1, 0.15) is 11.6 Å². The highest BCUT2D eigenvalue weighted by atomic mass is 19.1. The summed E-state index contributed by atoms with van der Waals surface area (Å²) in [4.78, 5) is 0. The van der Waals surface area contributed by atoms with Crippen LogP contribution >= 0.6 is 0 Å². The third kappa shape index (κ3) is 1.29. The second-order valence-electron chi connectivity index (χ2n) is 3.31. The topological polar surface area (TPSA) is 29.5 Å². The number of rotatable bonds is 1. The van der Waals surface area contributed by atoms with Crippen molar-refractivity contribution in [2.24, 2.45) is 0 Å². The average Bonchev–Trinajstić information content (AvgIpc) is 2.49. The summed E-state index contributed by atoms with van der Waals surface area (Å²) in [6.07, 6.45) is -0.571. The summed E-state index contributed by atoms with van der Waals surface area (Å²) in [6.45, 7) is 2.02. The number of ether oxygens (including phenoxy) is 1. The van der Waals surface area contributed by atoms with Gasteiger partial charge in [-0.1, -0.05) is 6.07 Å². The van der Waals surface area contributed by atoms with E-state index in [2.05, 4.69) is 0 Å². The largest absolute Gasteiger partial charge is 0.492 e. The molecule has 13 heavy (non-hydrogen) atoms. The van der Waals surface area contributed by atoms with Crippen molar-refractivity contribution in [2.45, 2.75) is 18.9 Å². The second-order valence-corrected chi connectivity index (χ2v) is 3.31. The van der Waals surface area contributed by atoms with E-state index in [0.29, 0.717) is 17.9 Å². The maximum Gasteiger partial charge on any atom is 0.130 e. The van der Waals surface area contributed by atoms with Crippen LogP contribution in [0.4, 0.5) is 4.39 Å². The SMILES string of the molecule is CC(O)C1COc2cccc(F)c21. The summed E-state index contributed by atoms with van der Waals surface area (Å²) in [7, 11) is 0. The highest BCUT2D eigenvalue weighted by Crippen LogP contribution is 2.37.